The first-order chi connectivity index (χ1) is 2.50. The molecule has 0 spiro atoms. The third-order valence-electron chi connectivity index (χ3n) is 0.827. The van der Waals surface area contributed by atoms with Crippen LogP contribution < -0.4 is 0 Å². The van der Waals surface area contributed by atoms with E-state index in [9.17, 15) is 0 Å². The van der Waals surface area contributed by atoms with E-state index in [1.807, 2.05) is 0 Å². The lowest BCUT2D eigenvalue weighted by molar-refractivity contribution is 0.198. The minimum Gasteiger partial charge on any atom is -0.381 e. The fourth-order valence-corrected chi connectivity index (χ4v) is 0.510. The molecule has 0 aromatic rings. The quantitative estimate of drug-likeness (QED) is 0.418. The average Bonchev–Trinajstić information content (AvgIpc) is 1.76. The summed E-state index contributed by atoms with van der Waals surface area (Å²) in [6.45, 7) is 2.00. The average molecular weight is 75.1 g/mol. The van der Waals surface area contributed by atoms with Crippen LogP contribution in [0.4, 0.5) is 0 Å². The first kappa shape index (κ1) is 3.16. The third kappa shape index (κ3) is 0.618. The van der Waals surface area contributed by atoms with Gasteiger partial charge in [0.05, 0.1) is 0 Å². The highest BCUT2D eigenvalue weighted by Gasteiger charge is 1.94. The molecule has 32 valence electrons. The van der Waals surface area contributed by atoms with Gasteiger partial charge in [0.15, 0.2) is 0 Å². The van der Waals surface area contributed by atoms with E-state index in [1.165, 1.54) is 12.8 Å². The van der Waals surface area contributed by atoms with Gasteiger partial charge in [0.25, 0.3) is 0 Å². The lowest BCUT2D eigenvalue weighted by Gasteiger charge is -1.76. The molecule has 1 rings (SSSR count). The van der Waals surface area contributed by atoms with Gasteiger partial charge < -0.3 is 4.74 Å². The van der Waals surface area contributed by atoms with E-state index in [0.29, 0.717) is 0 Å². The van der Waals surface area contributed by atoms with Crippen molar-refractivity contribution in [2.24, 2.45) is 0 Å². The van der Waals surface area contributed by atoms with E-state index in [-0.39, 0.29) is 1.43 Å². The van der Waals surface area contributed by atoms with Gasteiger partial charge in [0.1, 0.15) is 0 Å². The summed E-state index contributed by atoms with van der Waals surface area (Å²) in [6.07, 6.45) is 2.56. The molecule has 1 aliphatic heterocycles. The Balaban J connectivity index is 0.000000250. The van der Waals surface area contributed by atoms with Crippen LogP contribution >= 0.6 is 0 Å². The predicted molar refractivity (Wildman–Crippen MR) is 22.2 cm³/mol. The second-order valence-corrected chi connectivity index (χ2v) is 1.32. The van der Waals surface area contributed by atoms with Crippen LogP contribution in [0, 0.1) is 0 Å². The van der Waals surface area contributed by atoms with Gasteiger partial charge >= 0.3 is 0 Å². The minimum atomic E-state index is 0. The lowest BCUT2D eigenvalue weighted by Crippen LogP contribution is -1.74. The molecular formula is C4H10O. The van der Waals surface area contributed by atoms with Gasteiger partial charge in [-0.25, -0.2) is 0 Å². The highest BCUT2D eigenvalue weighted by atomic mass is 16.5. The summed E-state index contributed by atoms with van der Waals surface area (Å²) in [7, 11) is 0. The van der Waals surface area contributed by atoms with Crippen LogP contribution in [0.1, 0.15) is 14.3 Å². The molecule has 0 radical (unpaired) electrons. The second kappa shape index (κ2) is 1.41. The van der Waals surface area contributed by atoms with Crippen molar-refractivity contribution in [3.8, 4) is 0 Å². The Morgan fingerprint density at radius 1 is 1.20 bits per heavy atom. The van der Waals surface area contributed by atoms with Gasteiger partial charge in [-0.2, -0.15) is 0 Å². The van der Waals surface area contributed by atoms with Crippen molar-refractivity contribution in [1.82, 2.24) is 0 Å². The van der Waals surface area contributed by atoms with Crippen molar-refractivity contribution in [1.29, 1.82) is 0 Å². The summed E-state index contributed by atoms with van der Waals surface area (Å²) in [6, 6.07) is 0. The van der Waals surface area contributed by atoms with Crippen LogP contribution in [0.3, 0.4) is 0 Å². The van der Waals surface area contributed by atoms with Gasteiger partial charge in [-0.05, 0) is 12.8 Å². The molecule has 0 unspecified atom stereocenters. The number of hydrogen-bond donors (Lipinski definition) is 0. The van der Waals surface area contributed by atoms with E-state index in [1.54, 1.807) is 0 Å². The first-order valence-electron chi connectivity index (χ1n) is 2.08. The maximum absolute atomic E-state index is 4.94. The largest absolute Gasteiger partial charge is 0.381 e. The number of ether oxygens (including phenoxy) is 1. The Morgan fingerprint density at radius 3 is 2.00 bits per heavy atom. The highest BCUT2D eigenvalue weighted by Crippen LogP contribution is 1.98. The fraction of sp³-hybridized carbons (Fsp3) is 1.00. The smallest absolute Gasteiger partial charge is 0.0466 e. The van der Waals surface area contributed by atoms with Crippen LogP contribution in [-0.2, 0) is 4.74 Å². The molecule has 1 saturated heterocycles. The van der Waals surface area contributed by atoms with E-state index < -0.39 is 0 Å². The van der Waals surface area contributed by atoms with Gasteiger partial charge in [-0.1, -0.05) is 0 Å². The SMILES string of the molecule is C1CCOC1.[2HH]. The fourth-order valence-electron chi connectivity index (χ4n) is 0.510. The summed E-state index contributed by atoms with van der Waals surface area (Å²) in [4.78, 5) is 0. The van der Waals surface area contributed by atoms with E-state index in [0.717, 1.165) is 13.2 Å². The first-order valence-corrected chi connectivity index (χ1v) is 2.08. The normalized spacial score (nSPS) is 24.0. The van der Waals surface area contributed by atoms with Gasteiger partial charge in [0, 0.05) is 14.6 Å². The van der Waals surface area contributed by atoms with Crippen molar-refractivity contribution in [3.05, 3.63) is 0 Å². The van der Waals surface area contributed by atoms with Crippen LogP contribution in [0.2, 0.25) is 0 Å². The second-order valence-electron chi connectivity index (χ2n) is 1.32. The molecule has 0 bridgehead atoms. The van der Waals surface area contributed by atoms with E-state index >= 15 is 0 Å². The molecule has 5 heavy (non-hydrogen) atoms. The van der Waals surface area contributed by atoms with Crippen molar-refractivity contribution < 1.29 is 6.16 Å². The number of rotatable bonds is 0. The molecule has 0 aromatic carbocycles. The lowest BCUT2D eigenvalue weighted by atomic mass is 10.4. The Bertz CT molecular complexity index is 19.1. The van der Waals surface area contributed by atoms with Crippen molar-refractivity contribution in [2.75, 3.05) is 13.2 Å². The number of hydrogen-bond acceptors (Lipinski definition) is 1. The van der Waals surface area contributed by atoms with Gasteiger partial charge in [0.2, 0.25) is 0 Å². The Morgan fingerprint density at radius 2 is 1.80 bits per heavy atom. The Labute approximate surface area is 33.4 Å². The molecule has 0 amide bonds. The zero-order valence-corrected chi connectivity index (χ0v) is 3.24. The molecule has 1 fully saturated rings. The van der Waals surface area contributed by atoms with Gasteiger partial charge in [-0.3, -0.25) is 0 Å². The van der Waals surface area contributed by atoms with E-state index in [2.05, 4.69) is 0 Å². The molecule has 0 aliphatic carbocycles. The summed E-state index contributed by atoms with van der Waals surface area (Å²) >= 11 is 0. The van der Waals surface area contributed by atoms with Crippen LogP contribution in [-0.4, -0.2) is 13.2 Å². The summed E-state index contributed by atoms with van der Waals surface area (Å²) < 4.78 is 4.94. The van der Waals surface area contributed by atoms with Crippen molar-refractivity contribution in [2.45, 2.75) is 12.8 Å². The highest BCUT2D eigenvalue weighted by molar-refractivity contribution is 4.43. The molecule has 1 heterocycles. The maximum Gasteiger partial charge on any atom is 0.0466 e. The van der Waals surface area contributed by atoms with Gasteiger partial charge in [-0.15, -0.1) is 0 Å². The predicted octanol–water partition coefficient (Wildman–Crippen LogP) is 1.04. The maximum atomic E-state index is 4.94. The van der Waals surface area contributed by atoms with Crippen LogP contribution in [0.25, 0.3) is 0 Å². The van der Waals surface area contributed by atoms with Crippen LogP contribution in [0.15, 0.2) is 0 Å². The molecule has 1 heteroatoms. The van der Waals surface area contributed by atoms with Crippen molar-refractivity contribution in [3.63, 3.8) is 0 Å². The van der Waals surface area contributed by atoms with E-state index in [4.69, 9.17) is 4.74 Å². The minimum absolute atomic E-state index is 0. The third-order valence-corrected chi connectivity index (χ3v) is 0.827. The van der Waals surface area contributed by atoms with Crippen LogP contribution in [0.5, 0.6) is 0 Å². The summed E-state index contributed by atoms with van der Waals surface area (Å²) in [5, 5.41) is 0. The molecule has 1 nitrogen and oxygen atoms in total. The molecule has 1 aliphatic rings. The summed E-state index contributed by atoms with van der Waals surface area (Å²) in [5.74, 6) is 0. The Hall–Kier alpha value is -0.0400. The summed E-state index contributed by atoms with van der Waals surface area (Å²) in [5.41, 5.74) is 0. The standard InChI is InChI=1S/C4H8O.H2/c1-2-4-5-3-1;/h1-4H2;1H/i;1+1. The molecule has 0 atom stereocenters. The molecule has 0 N–H and O–H groups in total. The monoisotopic (exact) mass is 75.1 g/mol. The molecular weight excluding hydrogens is 64.0 g/mol. The Kier molecular flexibility index (Phi) is 0.892. The zero-order chi connectivity index (χ0) is 3.54. The zero-order valence-electron chi connectivity index (χ0n) is 3.24. The topological polar surface area (TPSA) is 9.23 Å². The molecule has 0 aromatic heterocycles. The van der Waals surface area contributed by atoms with Crippen molar-refractivity contribution >= 4 is 0 Å². The molecule has 0 saturated carbocycles.